The van der Waals surface area contributed by atoms with Crippen molar-refractivity contribution < 1.29 is 4.79 Å². The molecular formula is C20H21ClN2O. The minimum atomic E-state index is 0.00987. The van der Waals surface area contributed by atoms with Crippen molar-refractivity contribution in [2.24, 2.45) is 0 Å². The van der Waals surface area contributed by atoms with Crippen LogP contribution in [-0.4, -0.2) is 17.4 Å². The minimum absolute atomic E-state index is 0.00987. The van der Waals surface area contributed by atoms with Gasteiger partial charge in [0.05, 0.1) is 0 Å². The normalized spacial score (nSPS) is 12.2. The summed E-state index contributed by atoms with van der Waals surface area (Å²) >= 11 is 6.44. The number of halogens is 1. The van der Waals surface area contributed by atoms with Crippen LogP contribution >= 0.6 is 11.6 Å². The number of rotatable bonds is 6. The standard InChI is InChI=1S/C20H21ClN2O/c1-2-7-20(24)23-13-16(14-8-3-5-10-18(14)21)17-12-22-19-11-6-4-9-15(17)19/h3-6,8-12,16,22H,2,7,13H2,1H3,(H,23,24). The number of nitrogens with one attached hydrogen (secondary N) is 2. The molecule has 1 atom stereocenters. The van der Waals surface area contributed by atoms with Crippen molar-refractivity contribution >= 4 is 28.4 Å². The van der Waals surface area contributed by atoms with Crippen molar-refractivity contribution in [3.63, 3.8) is 0 Å². The van der Waals surface area contributed by atoms with E-state index in [1.165, 1.54) is 0 Å². The van der Waals surface area contributed by atoms with Gasteiger partial charge in [0.2, 0.25) is 5.91 Å². The zero-order chi connectivity index (χ0) is 16.9. The zero-order valence-electron chi connectivity index (χ0n) is 13.7. The first-order valence-corrected chi connectivity index (χ1v) is 8.65. The highest BCUT2D eigenvalue weighted by molar-refractivity contribution is 6.31. The van der Waals surface area contributed by atoms with Crippen LogP contribution in [0.1, 0.15) is 36.8 Å². The number of hydrogen-bond acceptors (Lipinski definition) is 1. The van der Waals surface area contributed by atoms with Gasteiger partial charge in [-0.3, -0.25) is 4.79 Å². The Hall–Kier alpha value is -2.26. The molecule has 3 aromatic rings. The van der Waals surface area contributed by atoms with E-state index in [4.69, 9.17) is 11.6 Å². The molecule has 0 saturated carbocycles. The fraction of sp³-hybridized carbons (Fsp3) is 0.250. The van der Waals surface area contributed by atoms with Gasteiger partial charge in [0.25, 0.3) is 0 Å². The third-order valence-electron chi connectivity index (χ3n) is 4.26. The van der Waals surface area contributed by atoms with Crippen molar-refractivity contribution in [1.82, 2.24) is 10.3 Å². The number of carbonyl (C=O) groups excluding carboxylic acids is 1. The quantitative estimate of drug-likeness (QED) is 0.660. The Bertz CT molecular complexity index is 840. The summed E-state index contributed by atoms with van der Waals surface area (Å²) < 4.78 is 0. The molecule has 3 nitrogen and oxygen atoms in total. The Morgan fingerprint density at radius 1 is 1.12 bits per heavy atom. The molecule has 1 unspecified atom stereocenters. The van der Waals surface area contributed by atoms with Crippen LogP contribution in [0.15, 0.2) is 54.7 Å². The van der Waals surface area contributed by atoms with Crippen molar-refractivity contribution in [1.29, 1.82) is 0 Å². The van der Waals surface area contributed by atoms with Gasteiger partial charge in [0.1, 0.15) is 0 Å². The molecule has 0 bridgehead atoms. The highest BCUT2D eigenvalue weighted by Crippen LogP contribution is 2.34. The summed E-state index contributed by atoms with van der Waals surface area (Å²) in [6.45, 7) is 2.54. The van der Waals surface area contributed by atoms with Gasteiger partial charge < -0.3 is 10.3 Å². The fourth-order valence-electron chi connectivity index (χ4n) is 3.06. The van der Waals surface area contributed by atoms with Crippen LogP contribution < -0.4 is 5.32 Å². The maximum absolute atomic E-state index is 11.9. The molecule has 24 heavy (non-hydrogen) atoms. The predicted molar refractivity (Wildman–Crippen MR) is 99.5 cm³/mol. The SMILES string of the molecule is CCCC(=O)NCC(c1ccccc1Cl)c1c[nH]c2ccccc12. The Kier molecular flexibility index (Phi) is 5.21. The Balaban J connectivity index is 1.99. The minimum Gasteiger partial charge on any atom is -0.361 e. The average molecular weight is 341 g/mol. The molecule has 1 heterocycles. The van der Waals surface area contributed by atoms with Crippen LogP contribution in [0.2, 0.25) is 5.02 Å². The number of H-pyrrole nitrogens is 1. The summed E-state index contributed by atoms with van der Waals surface area (Å²) in [7, 11) is 0. The molecule has 3 rings (SSSR count). The number of aromatic amines is 1. The summed E-state index contributed by atoms with van der Waals surface area (Å²) in [5.41, 5.74) is 3.26. The second-order valence-electron chi connectivity index (χ2n) is 5.92. The van der Waals surface area contributed by atoms with Gasteiger partial charge in [-0.1, -0.05) is 54.9 Å². The zero-order valence-corrected chi connectivity index (χ0v) is 14.4. The first-order chi connectivity index (χ1) is 11.7. The molecule has 2 N–H and O–H groups in total. The lowest BCUT2D eigenvalue weighted by atomic mass is 9.90. The van der Waals surface area contributed by atoms with E-state index in [1.807, 2.05) is 49.5 Å². The second-order valence-corrected chi connectivity index (χ2v) is 6.32. The third-order valence-corrected chi connectivity index (χ3v) is 4.60. The van der Waals surface area contributed by atoms with E-state index >= 15 is 0 Å². The summed E-state index contributed by atoms with van der Waals surface area (Å²) in [6.07, 6.45) is 3.41. The maximum Gasteiger partial charge on any atom is 0.220 e. The molecule has 2 aromatic carbocycles. The second kappa shape index (κ2) is 7.54. The Morgan fingerprint density at radius 3 is 2.67 bits per heavy atom. The number of aromatic nitrogens is 1. The van der Waals surface area contributed by atoms with E-state index in [9.17, 15) is 4.79 Å². The van der Waals surface area contributed by atoms with Crippen molar-refractivity contribution in [3.8, 4) is 0 Å². The average Bonchev–Trinajstić information content (AvgIpc) is 3.01. The molecule has 124 valence electrons. The van der Waals surface area contributed by atoms with Gasteiger partial charge in [-0.25, -0.2) is 0 Å². The summed E-state index contributed by atoms with van der Waals surface area (Å²) in [5, 5.41) is 4.93. The van der Waals surface area contributed by atoms with Gasteiger partial charge in [-0.05, 0) is 29.7 Å². The highest BCUT2D eigenvalue weighted by Gasteiger charge is 2.20. The molecule has 0 fully saturated rings. The first-order valence-electron chi connectivity index (χ1n) is 8.27. The number of fused-ring (bicyclic) bond motifs is 1. The van der Waals surface area contributed by atoms with Gasteiger partial charge in [0.15, 0.2) is 0 Å². The van der Waals surface area contributed by atoms with E-state index in [0.29, 0.717) is 13.0 Å². The molecule has 0 aliphatic heterocycles. The molecule has 0 aliphatic rings. The lowest BCUT2D eigenvalue weighted by Crippen LogP contribution is -2.28. The molecule has 1 amide bonds. The molecule has 0 spiro atoms. The van der Waals surface area contributed by atoms with Gasteiger partial charge in [0, 0.05) is 41.0 Å². The number of benzene rings is 2. The molecule has 4 heteroatoms. The van der Waals surface area contributed by atoms with Crippen LogP contribution in [-0.2, 0) is 4.79 Å². The number of carbonyl (C=O) groups is 1. The monoisotopic (exact) mass is 340 g/mol. The van der Waals surface area contributed by atoms with E-state index in [-0.39, 0.29) is 11.8 Å². The molecule has 0 aliphatic carbocycles. The van der Waals surface area contributed by atoms with Crippen LogP contribution in [0.3, 0.4) is 0 Å². The van der Waals surface area contributed by atoms with Crippen LogP contribution in [0.5, 0.6) is 0 Å². The number of amides is 1. The van der Waals surface area contributed by atoms with Gasteiger partial charge in [-0.2, -0.15) is 0 Å². The topological polar surface area (TPSA) is 44.9 Å². The van der Waals surface area contributed by atoms with Gasteiger partial charge in [-0.15, -0.1) is 0 Å². The molecule has 0 radical (unpaired) electrons. The van der Waals surface area contributed by atoms with E-state index in [2.05, 4.69) is 22.4 Å². The van der Waals surface area contributed by atoms with E-state index in [1.54, 1.807) is 0 Å². The predicted octanol–water partition coefficient (Wildman–Crippen LogP) is 4.87. The highest BCUT2D eigenvalue weighted by atomic mass is 35.5. The summed E-state index contributed by atoms with van der Waals surface area (Å²) in [6, 6.07) is 16.0. The summed E-state index contributed by atoms with van der Waals surface area (Å²) in [5.74, 6) is 0.0880. The fourth-order valence-corrected chi connectivity index (χ4v) is 3.33. The van der Waals surface area contributed by atoms with E-state index < -0.39 is 0 Å². The molecule has 1 aromatic heterocycles. The number of para-hydroxylation sites is 1. The van der Waals surface area contributed by atoms with Crippen molar-refractivity contribution in [2.45, 2.75) is 25.7 Å². The van der Waals surface area contributed by atoms with Crippen molar-refractivity contribution in [2.75, 3.05) is 6.54 Å². The van der Waals surface area contributed by atoms with E-state index in [0.717, 1.165) is 33.5 Å². The Labute approximate surface area is 147 Å². The molecule has 0 saturated heterocycles. The molecular weight excluding hydrogens is 320 g/mol. The third kappa shape index (κ3) is 3.46. The van der Waals surface area contributed by atoms with Crippen LogP contribution in [0.25, 0.3) is 10.9 Å². The first kappa shape index (κ1) is 16.6. The maximum atomic E-state index is 11.9. The lowest BCUT2D eigenvalue weighted by Gasteiger charge is -2.19. The lowest BCUT2D eigenvalue weighted by molar-refractivity contribution is -0.121. The smallest absolute Gasteiger partial charge is 0.220 e. The summed E-state index contributed by atoms with van der Waals surface area (Å²) in [4.78, 5) is 15.3. The largest absolute Gasteiger partial charge is 0.361 e. The van der Waals surface area contributed by atoms with Crippen LogP contribution in [0, 0.1) is 0 Å². The Morgan fingerprint density at radius 2 is 1.88 bits per heavy atom. The van der Waals surface area contributed by atoms with Crippen LogP contribution in [0.4, 0.5) is 0 Å². The van der Waals surface area contributed by atoms with Gasteiger partial charge >= 0.3 is 0 Å². The number of hydrogen-bond donors (Lipinski definition) is 2. The van der Waals surface area contributed by atoms with Crippen molar-refractivity contribution in [3.05, 3.63) is 70.9 Å².